The van der Waals surface area contributed by atoms with Gasteiger partial charge in [0.2, 0.25) is 0 Å². The number of benzene rings is 1. The lowest BCUT2D eigenvalue weighted by Crippen LogP contribution is -2.42. The highest BCUT2D eigenvalue weighted by molar-refractivity contribution is 6.05. The number of amides is 2. The second-order valence-corrected chi connectivity index (χ2v) is 4.13. The van der Waals surface area contributed by atoms with E-state index in [1.807, 2.05) is 0 Å². The average molecular weight is 277 g/mol. The molecule has 106 valence electrons. The van der Waals surface area contributed by atoms with Crippen LogP contribution in [0, 0.1) is 0 Å². The van der Waals surface area contributed by atoms with Crippen LogP contribution >= 0.6 is 0 Å². The van der Waals surface area contributed by atoms with Gasteiger partial charge < -0.3 is 15.2 Å². The van der Waals surface area contributed by atoms with E-state index in [0.717, 1.165) is 5.56 Å². The van der Waals surface area contributed by atoms with E-state index in [9.17, 15) is 14.7 Å². The zero-order chi connectivity index (χ0) is 14.5. The van der Waals surface area contributed by atoms with Crippen molar-refractivity contribution in [2.45, 2.75) is 13.0 Å². The fourth-order valence-electron chi connectivity index (χ4n) is 1.74. The maximum absolute atomic E-state index is 11.4. The predicted octanol–water partition coefficient (Wildman–Crippen LogP) is 0.300. The van der Waals surface area contributed by atoms with E-state index in [2.05, 4.69) is 15.8 Å². The number of nitrogens with zero attached hydrogens (tertiary/aromatic N) is 1. The number of rotatable bonds is 4. The van der Waals surface area contributed by atoms with Crippen LogP contribution in [-0.2, 0) is 9.53 Å². The Hall–Kier alpha value is -2.41. The summed E-state index contributed by atoms with van der Waals surface area (Å²) in [5.74, 6) is -0.677. The minimum atomic E-state index is -1.30. The van der Waals surface area contributed by atoms with E-state index >= 15 is 0 Å². The van der Waals surface area contributed by atoms with Crippen LogP contribution in [0.1, 0.15) is 24.2 Å². The molecule has 1 aromatic rings. The number of aliphatic hydroxyl groups is 1. The number of nitrogens with one attached hydrogen (secondary N) is 2. The number of hydrazone groups is 1. The van der Waals surface area contributed by atoms with Crippen molar-refractivity contribution in [3.8, 4) is 0 Å². The molecule has 1 atom stereocenters. The van der Waals surface area contributed by atoms with Crippen LogP contribution in [0.2, 0.25) is 0 Å². The summed E-state index contributed by atoms with van der Waals surface area (Å²) in [6, 6.07) is 6.33. The summed E-state index contributed by atoms with van der Waals surface area (Å²) in [5.41, 5.74) is 4.22. The Morgan fingerprint density at radius 2 is 2.15 bits per heavy atom. The number of hydrogen-bond donors (Lipinski definition) is 3. The Labute approximate surface area is 115 Å². The van der Waals surface area contributed by atoms with Crippen LogP contribution in [-0.4, -0.2) is 36.0 Å². The van der Waals surface area contributed by atoms with Gasteiger partial charge in [-0.2, -0.15) is 5.10 Å². The second-order valence-electron chi connectivity index (χ2n) is 4.13. The van der Waals surface area contributed by atoms with Gasteiger partial charge in [-0.15, -0.1) is 0 Å². The van der Waals surface area contributed by atoms with E-state index in [0.29, 0.717) is 17.8 Å². The third-order valence-corrected chi connectivity index (χ3v) is 2.78. The number of urea groups is 1. The fourth-order valence-corrected chi connectivity index (χ4v) is 1.74. The first-order valence-corrected chi connectivity index (χ1v) is 6.17. The van der Waals surface area contributed by atoms with Crippen LogP contribution in [0.15, 0.2) is 29.4 Å². The Morgan fingerprint density at radius 1 is 1.45 bits per heavy atom. The molecule has 0 fully saturated rings. The number of hydrogen-bond acceptors (Lipinski definition) is 5. The maximum atomic E-state index is 11.4. The summed E-state index contributed by atoms with van der Waals surface area (Å²) in [7, 11) is 0. The minimum Gasteiger partial charge on any atom is -0.464 e. The average Bonchev–Trinajstić information content (AvgIpc) is 2.48. The summed E-state index contributed by atoms with van der Waals surface area (Å²) in [5, 5.41) is 16.3. The van der Waals surface area contributed by atoms with Crippen LogP contribution in [0.3, 0.4) is 0 Å². The molecule has 1 aromatic carbocycles. The molecule has 0 aromatic heterocycles. The summed E-state index contributed by atoms with van der Waals surface area (Å²) >= 11 is 0. The molecule has 0 aliphatic carbocycles. The molecular weight excluding hydrogens is 262 g/mol. The second kappa shape index (κ2) is 6.16. The van der Waals surface area contributed by atoms with Crippen molar-refractivity contribution < 1.29 is 19.4 Å². The number of aliphatic hydroxyl groups excluding tert-OH is 1. The lowest BCUT2D eigenvalue weighted by atomic mass is 10.0. The molecule has 3 N–H and O–H groups in total. The number of esters is 1. The van der Waals surface area contributed by atoms with Gasteiger partial charge in [-0.3, -0.25) is 0 Å². The first-order valence-electron chi connectivity index (χ1n) is 6.17. The maximum Gasteiger partial charge on any atom is 0.339 e. The van der Waals surface area contributed by atoms with Crippen molar-refractivity contribution in [2.24, 2.45) is 5.10 Å². The summed E-state index contributed by atoms with van der Waals surface area (Å²) in [6.07, 6.45) is -1.30. The van der Waals surface area contributed by atoms with Crippen molar-refractivity contribution in [3.05, 3.63) is 35.4 Å². The van der Waals surface area contributed by atoms with Gasteiger partial charge in [-0.1, -0.05) is 24.3 Å². The molecule has 0 bridgehead atoms. The van der Waals surface area contributed by atoms with E-state index < -0.39 is 12.1 Å². The monoisotopic (exact) mass is 277 g/mol. The molecule has 0 radical (unpaired) electrons. The molecule has 0 saturated carbocycles. The largest absolute Gasteiger partial charge is 0.464 e. The zero-order valence-corrected chi connectivity index (χ0v) is 10.9. The lowest BCUT2D eigenvalue weighted by Gasteiger charge is -2.15. The van der Waals surface area contributed by atoms with Crippen molar-refractivity contribution >= 4 is 17.7 Å². The Bertz CT molecular complexity index is 539. The van der Waals surface area contributed by atoms with Gasteiger partial charge in [-0.05, 0) is 18.1 Å². The highest BCUT2D eigenvalue weighted by Crippen LogP contribution is 2.16. The summed E-state index contributed by atoms with van der Waals surface area (Å²) < 4.78 is 4.75. The molecule has 2 rings (SSSR count). The van der Waals surface area contributed by atoms with Crippen molar-refractivity contribution in [2.75, 3.05) is 13.2 Å². The molecule has 1 aliphatic rings. The number of ether oxygens (including phenoxy) is 1. The normalized spacial score (nSPS) is 15.7. The quantitative estimate of drug-likeness (QED) is 0.689. The van der Waals surface area contributed by atoms with Gasteiger partial charge in [0.1, 0.15) is 0 Å². The van der Waals surface area contributed by atoms with Gasteiger partial charge >= 0.3 is 12.0 Å². The zero-order valence-electron chi connectivity index (χ0n) is 10.9. The molecule has 2 amide bonds. The lowest BCUT2D eigenvalue weighted by molar-refractivity contribution is -0.153. The Morgan fingerprint density at radius 3 is 2.70 bits per heavy atom. The van der Waals surface area contributed by atoms with Gasteiger partial charge in [0.05, 0.1) is 18.9 Å². The smallest absolute Gasteiger partial charge is 0.339 e. The Balaban J connectivity index is 2.10. The highest BCUT2D eigenvalue weighted by Gasteiger charge is 2.19. The summed E-state index contributed by atoms with van der Waals surface area (Å²) in [4.78, 5) is 22.3. The molecule has 1 unspecified atom stereocenters. The third-order valence-electron chi connectivity index (χ3n) is 2.78. The molecular formula is C13H15N3O4. The molecule has 1 aliphatic heterocycles. The van der Waals surface area contributed by atoms with Gasteiger partial charge in [0.25, 0.3) is 0 Å². The van der Waals surface area contributed by atoms with Gasteiger partial charge in [-0.25, -0.2) is 15.0 Å². The molecule has 0 saturated heterocycles. The summed E-state index contributed by atoms with van der Waals surface area (Å²) in [6.45, 7) is 2.22. The first-order chi connectivity index (χ1) is 9.61. The van der Waals surface area contributed by atoms with Gasteiger partial charge in [0, 0.05) is 0 Å². The molecule has 1 heterocycles. The van der Waals surface area contributed by atoms with Crippen molar-refractivity contribution in [1.29, 1.82) is 0 Å². The van der Waals surface area contributed by atoms with E-state index in [1.54, 1.807) is 31.2 Å². The third kappa shape index (κ3) is 3.12. The molecule has 7 nitrogen and oxygen atoms in total. The van der Waals surface area contributed by atoms with E-state index in [1.165, 1.54) is 0 Å². The van der Waals surface area contributed by atoms with Crippen LogP contribution in [0.5, 0.6) is 0 Å². The molecule has 0 spiro atoms. The van der Waals surface area contributed by atoms with Crippen molar-refractivity contribution in [1.82, 2.24) is 10.7 Å². The van der Waals surface area contributed by atoms with Crippen LogP contribution in [0.25, 0.3) is 0 Å². The van der Waals surface area contributed by atoms with E-state index in [4.69, 9.17) is 4.74 Å². The first kappa shape index (κ1) is 14.0. The molecule has 7 heteroatoms. The van der Waals surface area contributed by atoms with Gasteiger partial charge in [0.15, 0.2) is 6.10 Å². The fraction of sp³-hybridized carbons (Fsp3) is 0.308. The SMILES string of the molecule is CCOC(=O)C(O)c1ccc(C2=NNC(=O)NC2)cc1. The minimum absolute atomic E-state index is 0.218. The highest BCUT2D eigenvalue weighted by atomic mass is 16.5. The molecule has 20 heavy (non-hydrogen) atoms. The van der Waals surface area contributed by atoms with E-state index in [-0.39, 0.29) is 12.6 Å². The predicted molar refractivity (Wildman–Crippen MR) is 71.1 cm³/mol. The Kier molecular flexibility index (Phi) is 4.31. The number of carbonyl (C=O) groups excluding carboxylic acids is 2. The van der Waals surface area contributed by atoms with Crippen LogP contribution < -0.4 is 10.7 Å². The number of carbonyl (C=O) groups is 2. The topological polar surface area (TPSA) is 100 Å². The van der Waals surface area contributed by atoms with Crippen LogP contribution in [0.4, 0.5) is 4.79 Å². The van der Waals surface area contributed by atoms with Crippen molar-refractivity contribution in [3.63, 3.8) is 0 Å². The standard InChI is InChI=1S/C13H15N3O4/c1-2-20-12(18)11(17)9-5-3-8(4-6-9)10-7-14-13(19)16-15-10/h3-6,11,17H,2,7H2,1H3,(H2,14,16,19).